The van der Waals surface area contributed by atoms with Gasteiger partial charge in [-0.2, -0.15) is 0 Å². The smallest absolute Gasteiger partial charge is 0.504 e. The van der Waals surface area contributed by atoms with E-state index in [1.54, 1.807) is 12.1 Å². The Labute approximate surface area is 144 Å². The molecule has 0 atom stereocenters. The van der Waals surface area contributed by atoms with Crippen molar-refractivity contribution in [2.75, 3.05) is 18.0 Å². The van der Waals surface area contributed by atoms with Crippen LogP contribution in [0, 0.1) is 0 Å². The highest BCUT2D eigenvalue weighted by Crippen LogP contribution is 2.24. The van der Waals surface area contributed by atoms with Crippen molar-refractivity contribution in [3.05, 3.63) is 46.3 Å². The molecule has 1 aromatic carbocycles. The van der Waals surface area contributed by atoms with Crippen LogP contribution in [0.4, 0.5) is 14.3 Å². The Hall–Kier alpha value is -2.64. The molecule has 5 nitrogen and oxygen atoms in total. The fraction of sp³-hybridized carbons (Fsp3) is 0.294. The van der Waals surface area contributed by atoms with Gasteiger partial charge in [0.05, 0.1) is 0 Å². The van der Waals surface area contributed by atoms with E-state index in [4.69, 9.17) is 4.42 Å². The van der Waals surface area contributed by atoms with Crippen LogP contribution in [0.1, 0.15) is 26.3 Å². The summed E-state index contributed by atoms with van der Waals surface area (Å²) in [6.45, 7) is 6.77. The van der Waals surface area contributed by atoms with Gasteiger partial charge in [-0.05, 0) is 39.0 Å². The lowest BCUT2D eigenvalue weighted by atomic mass is 10.1. The average molecular weight is 349 g/mol. The SMILES string of the molecule is CCN(CC)c1ccc2cc(/C(=C/C(C)=O)OB(F)F)c(=O)oc2c1. The number of halogens is 2. The Morgan fingerprint density at radius 1 is 1.28 bits per heavy atom. The number of allylic oxidation sites excluding steroid dienone is 1. The summed E-state index contributed by atoms with van der Waals surface area (Å²) in [5, 5.41) is 0.540. The van der Waals surface area contributed by atoms with Gasteiger partial charge in [0.2, 0.25) is 0 Å². The molecular weight excluding hydrogens is 331 g/mol. The predicted octanol–water partition coefficient (Wildman–Crippen LogP) is 3.51. The zero-order valence-corrected chi connectivity index (χ0v) is 14.2. The molecule has 2 rings (SSSR count). The second-order valence-corrected chi connectivity index (χ2v) is 5.34. The van der Waals surface area contributed by atoms with Crippen molar-refractivity contribution in [3.8, 4) is 0 Å². The van der Waals surface area contributed by atoms with Crippen molar-refractivity contribution in [3.63, 3.8) is 0 Å². The summed E-state index contributed by atoms with van der Waals surface area (Å²) < 4.78 is 34.7. The fourth-order valence-corrected chi connectivity index (χ4v) is 2.51. The van der Waals surface area contributed by atoms with Crippen molar-refractivity contribution in [2.24, 2.45) is 0 Å². The number of fused-ring (bicyclic) bond motifs is 1. The van der Waals surface area contributed by atoms with E-state index in [1.165, 1.54) is 13.0 Å². The fourth-order valence-electron chi connectivity index (χ4n) is 2.51. The monoisotopic (exact) mass is 349 g/mol. The summed E-state index contributed by atoms with van der Waals surface area (Å²) in [7, 11) is -3.16. The maximum atomic E-state index is 12.6. The molecule has 0 aliphatic rings. The molecule has 0 fully saturated rings. The Balaban J connectivity index is 2.56. The molecule has 1 aromatic heterocycles. The van der Waals surface area contributed by atoms with Gasteiger partial charge in [-0.25, -0.2) is 13.4 Å². The Bertz CT molecular complexity index is 859. The zero-order valence-electron chi connectivity index (χ0n) is 14.2. The molecule has 0 spiro atoms. The van der Waals surface area contributed by atoms with Gasteiger partial charge in [0.25, 0.3) is 0 Å². The molecule has 132 valence electrons. The summed E-state index contributed by atoms with van der Waals surface area (Å²) in [5.41, 5.74) is 0.144. The minimum atomic E-state index is -3.16. The van der Waals surface area contributed by atoms with Crippen LogP contribution in [0.15, 0.2) is 39.6 Å². The third-order valence-corrected chi connectivity index (χ3v) is 3.66. The first-order valence-corrected chi connectivity index (χ1v) is 7.86. The molecule has 0 radical (unpaired) electrons. The van der Waals surface area contributed by atoms with E-state index in [1.807, 2.05) is 19.9 Å². The van der Waals surface area contributed by atoms with Crippen LogP contribution >= 0.6 is 0 Å². The number of rotatable bonds is 7. The number of ketones is 1. The summed E-state index contributed by atoms with van der Waals surface area (Å²) in [5.74, 6) is -1.03. The van der Waals surface area contributed by atoms with Gasteiger partial charge in [-0.3, -0.25) is 4.79 Å². The van der Waals surface area contributed by atoms with Crippen LogP contribution in [-0.4, -0.2) is 26.3 Å². The number of benzene rings is 1. The lowest BCUT2D eigenvalue weighted by molar-refractivity contribution is -0.112. The molecule has 0 N–H and O–H groups in total. The average Bonchev–Trinajstić information content (AvgIpc) is 2.53. The molecule has 0 bridgehead atoms. The van der Waals surface area contributed by atoms with Gasteiger partial charge in [-0.1, -0.05) is 0 Å². The molecule has 8 heteroatoms. The van der Waals surface area contributed by atoms with Crippen molar-refractivity contribution >= 4 is 35.7 Å². The highest BCUT2D eigenvalue weighted by Gasteiger charge is 2.23. The third kappa shape index (κ3) is 4.46. The number of hydrogen-bond donors (Lipinski definition) is 0. The van der Waals surface area contributed by atoms with Gasteiger partial charge >= 0.3 is 13.1 Å². The molecule has 2 aromatic rings. The Morgan fingerprint density at radius 3 is 2.52 bits per heavy atom. The van der Waals surface area contributed by atoms with E-state index < -0.39 is 24.6 Å². The van der Waals surface area contributed by atoms with Crippen LogP contribution < -0.4 is 10.5 Å². The zero-order chi connectivity index (χ0) is 18.6. The van der Waals surface area contributed by atoms with E-state index in [-0.39, 0.29) is 5.56 Å². The highest BCUT2D eigenvalue weighted by atomic mass is 19.2. The molecule has 0 amide bonds. The van der Waals surface area contributed by atoms with E-state index in [2.05, 4.69) is 9.55 Å². The Kier molecular flexibility index (Phi) is 5.95. The molecule has 25 heavy (non-hydrogen) atoms. The van der Waals surface area contributed by atoms with Crippen molar-refractivity contribution < 1.29 is 22.5 Å². The van der Waals surface area contributed by atoms with Gasteiger partial charge in [0, 0.05) is 36.3 Å². The van der Waals surface area contributed by atoms with Crippen LogP contribution in [-0.2, 0) is 9.45 Å². The summed E-state index contributed by atoms with van der Waals surface area (Å²) in [6, 6.07) is 6.67. The van der Waals surface area contributed by atoms with Gasteiger partial charge in [-0.15, -0.1) is 0 Å². The minimum absolute atomic E-state index is 0.224. The lowest BCUT2D eigenvalue weighted by Gasteiger charge is -2.21. The third-order valence-electron chi connectivity index (χ3n) is 3.66. The molecule has 0 unspecified atom stereocenters. The van der Waals surface area contributed by atoms with Gasteiger partial charge < -0.3 is 14.0 Å². The van der Waals surface area contributed by atoms with Crippen LogP contribution in [0.2, 0.25) is 0 Å². The number of carbonyl (C=O) groups is 1. The first kappa shape index (κ1) is 18.7. The van der Waals surface area contributed by atoms with Crippen molar-refractivity contribution in [1.82, 2.24) is 0 Å². The molecular formula is C17H18BF2NO4. The summed E-state index contributed by atoms with van der Waals surface area (Å²) in [6.07, 6.45) is 0.842. The van der Waals surface area contributed by atoms with Crippen molar-refractivity contribution in [2.45, 2.75) is 20.8 Å². The maximum Gasteiger partial charge on any atom is 0.796 e. The first-order valence-electron chi connectivity index (χ1n) is 7.86. The molecule has 0 saturated heterocycles. The second kappa shape index (κ2) is 7.96. The largest absolute Gasteiger partial charge is 0.796 e. The highest BCUT2D eigenvalue weighted by molar-refractivity contribution is 6.36. The number of anilines is 1. The summed E-state index contributed by atoms with van der Waals surface area (Å²) in [4.78, 5) is 25.5. The van der Waals surface area contributed by atoms with Gasteiger partial charge in [0.1, 0.15) is 16.9 Å². The second-order valence-electron chi connectivity index (χ2n) is 5.34. The van der Waals surface area contributed by atoms with E-state index in [0.29, 0.717) is 11.0 Å². The van der Waals surface area contributed by atoms with E-state index in [0.717, 1.165) is 24.9 Å². The molecule has 0 saturated carbocycles. The molecule has 1 heterocycles. The number of hydrogen-bond acceptors (Lipinski definition) is 5. The Morgan fingerprint density at radius 2 is 1.96 bits per heavy atom. The number of carbonyl (C=O) groups excluding carboxylic acids is 1. The maximum absolute atomic E-state index is 12.6. The minimum Gasteiger partial charge on any atom is -0.504 e. The normalized spacial score (nSPS) is 11.5. The molecule has 0 aliphatic heterocycles. The van der Waals surface area contributed by atoms with Crippen LogP contribution in [0.3, 0.4) is 0 Å². The van der Waals surface area contributed by atoms with E-state index in [9.17, 15) is 18.2 Å². The standard InChI is InChI=1S/C17H18BF2NO4/c1-4-21(5-2)13-7-6-12-9-14(17(23)24-15(12)10-13)16(8-11(3)22)25-18(19)20/h6-10H,4-5H2,1-3H3/b16-8-. The van der Waals surface area contributed by atoms with Crippen LogP contribution in [0.25, 0.3) is 16.7 Å². The summed E-state index contributed by atoms with van der Waals surface area (Å²) >= 11 is 0. The molecule has 0 aliphatic carbocycles. The quantitative estimate of drug-likeness (QED) is 0.331. The van der Waals surface area contributed by atoms with Gasteiger partial charge in [0.15, 0.2) is 5.78 Å². The topological polar surface area (TPSA) is 59.8 Å². The van der Waals surface area contributed by atoms with Crippen LogP contribution in [0.5, 0.6) is 0 Å². The van der Waals surface area contributed by atoms with E-state index >= 15 is 0 Å². The first-order chi connectivity index (χ1) is 11.8. The van der Waals surface area contributed by atoms with Crippen molar-refractivity contribution in [1.29, 1.82) is 0 Å². The lowest BCUT2D eigenvalue weighted by Crippen LogP contribution is -2.21. The predicted molar refractivity (Wildman–Crippen MR) is 93.8 cm³/mol. The number of nitrogens with zero attached hydrogens (tertiary/aromatic N) is 1.